The van der Waals surface area contributed by atoms with Crippen LogP contribution in [0.1, 0.15) is 43.7 Å². The zero-order chi connectivity index (χ0) is 13.3. The highest BCUT2D eigenvalue weighted by Crippen LogP contribution is 2.37. The Balaban J connectivity index is 2.25. The van der Waals surface area contributed by atoms with Gasteiger partial charge in [-0.25, -0.2) is 4.79 Å². The van der Waals surface area contributed by atoms with Crippen LogP contribution in [0.4, 0.5) is 0 Å². The topological polar surface area (TPSA) is 46.5 Å². The number of hydrogen-bond donors (Lipinski definition) is 1. The number of ether oxygens (including phenoxy) is 1. The minimum absolute atomic E-state index is 0.183. The molecule has 1 atom stereocenters. The zero-order valence-corrected chi connectivity index (χ0v) is 11.1. The van der Waals surface area contributed by atoms with Crippen molar-refractivity contribution < 1.29 is 14.6 Å². The van der Waals surface area contributed by atoms with Crippen molar-refractivity contribution in [2.24, 2.45) is 5.92 Å². The fourth-order valence-electron chi connectivity index (χ4n) is 2.10. The molecule has 1 aliphatic carbocycles. The number of benzene rings is 1. The van der Waals surface area contributed by atoms with E-state index in [9.17, 15) is 9.90 Å². The Morgan fingerprint density at radius 2 is 2.06 bits per heavy atom. The first-order valence-corrected chi connectivity index (χ1v) is 6.49. The Morgan fingerprint density at radius 1 is 1.39 bits per heavy atom. The van der Waals surface area contributed by atoms with Crippen LogP contribution < -0.4 is 4.74 Å². The van der Waals surface area contributed by atoms with Crippen LogP contribution in [0.25, 0.3) is 0 Å². The van der Waals surface area contributed by atoms with E-state index in [0.717, 1.165) is 29.7 Å². The molecule has 1 aromatic rings. The highest BCUT2D eigenvalue weighted by Gasteiger charge is 2.38. The second-order valence-electron chi connectivity index (χ2n) is 5.41. The number of rotatable bonds is 5. The summed E-state index contributed by atoms with van der Waals surface area (Å²) in [6, 6.07) is 6.00. The third kappa shape index (κ3) is 2.84. The van der Waals surface area contributed by atoms with Crippen LogP contribution in [0.3, 0.4) is 0 Å². The smallest absolute Gasteiger partial charge is 0.345 e. The summed E-state index contributed by atoms with van der Waals surface area (Å²) in [5, 5.41) is 9.22. The molecule has 1 saturated carbocycles. The molecule has 0 radical (unpaired) electrons. The molecule has 18 heavy (non-hydrogen) atoms. The molecule has 0 heterocycles. The van der Waals surface area contributed by atoms with Crippen molar-refractivity contribution in [2.45, 2.75) is 45.6 Å². The van der Waals surface area contributed by atoms with E-state index in [1.807, 2.05) is 25.1 Å². The maximum Gasteiger partial charge on any atom is 0.345 e. The first-order valence-electron chi connectivity index (χ1n) is 6.49. The summed E-state index contributed by atoms with van der Waals surface area (Å²) in [6.07, 6.45) is 1.23. The molecule has 0 saturated heterocycles. The predicted octanol–water partition coefficient (Wildman–Crippen LogP) is 3.36. The Labute approximate surface area is 108 Å². The average molecular weight is 248 g/mol. The molecule has 3 nitrogen and oxygen atoms in total. The second kappa shape index (κ2) is 5.01. The van der Waals surface area contributed by atoms with Crippen LogP contribution in [0.2, 0.25) is 0 Å². The van der Waals surface area contributed by atoms with Gasteiger partial charge in [-0.05, 0) is 42.9 Å². The molecule has 0 aliphatic heterocycles. The Morgan fingerprint density at radius 3 is 2.56 bits per heavy atom. The van der Waals surface area contributed by atoms with Gasteiger partial charge >= 0.3 is 5.97 Å². The summed E-state index contributed by atoms with van der Waals surface area (Å²) in [5.74, 6) is 0.385. The first kappa shape index (κ1) is 12.9. The maximum absolute atomic E-state index is 11.2. The summed E-state index contributed by atoms with van der Waals surface area (Å²) < 4.78 is 5.77. The van der Waals surface area contributed by atoms with Gasteiger partial charge in [-0.2, -0.15) is 0 Å². The minimum Gasteiger partial charge on any atom is -0.478 e. The molecule has 1 unspecified atom stereocenters. The number of carboxylic acids is 1. The summed E-state index contributed by atoms with van der Waals surface area (Å²) in [6.45, 7) is 6.17. The SMILES string of the molecule is Cc1ccc(C(C)C)c(OC(C(=O)O)C2CC2)c1. The molecule has 3 heteroatoms. The lowest BCUT2D eigenvalue weighted by Crippen LogP contribution is -2.29. The molecule has 0 aromatic heterocycles. The lowest BCUT2D eigenvalue weighted by molar-refractivity contribution is -0.146. The lowest BCUT2D eigenvalue weighted by Gasteiger charge is -2.19. The number of carboxylic acid groups (broad SMARTS) is 1. The van der Waals surface area contributed by atoms with Gasteiger partial charge in [0.15, 0.2) is 6.10 Å². The largest absolute Gasteiger partial charge is 0.478 e. The van der Waals surface area contributed by atoms with Crippen molar-refractivity contribution in [2.75, 3.05) is 0 Å². The molecule has 1 N–H and O–H groups in total. The van der Waals surface area contributed by atoms with Crippen LogP contribution in [-0.4, -0.2) is 17.2 Å². The third-order valence-corrected chi connectivity index (χ3v) is 3.34. The first-order chi connectivity index (χ1) is 8.49. The van der Waals surface area contributed by atoms with Crippen LogP contribution in [0.5, 0.6) is 5.75 Å². The highest BCUT2D eigenvalue weighted by molar-refractivity contribution is 5.73. The fourth-order valence-corrected chi connectivity index (χ4v) is 2.10. The molecule has 98 valence electrons. The number of aryl methyl sites for hydroxylation is 1. The van der Waals surface area contributed by atoms with Crippen molar-refractivity contribution in [1.82, 2.24) is 0 Å². The van der Waals surface area contributed by atoms with E-state index in [1.54, 1.807) is 0 Å². The molecule has 1 fully saturated rings. The van der Waals surface area contributed by atoms with Gasteiger partial charge in [-0.1, -0.05) is 26.0 Å². The van der Waals surface area contributed by atoms with Gasteiger partial charge in [0.25, 0.3) is 0 Å². The fraction of sp³-hybridized carbons (Fsp3) is 0.533. The van der Waals surface area contributed by atoms with Gasteiger partial charge in [0.05, 0.1) is 0 Å². The van der Waals surface area contributed by atoms with Gasteiger partial charge in [0.1, 0.15) is 5.75 Å². The standard InChI is InChI=1S/C15H20O3/c1-9(2)12-7-4-10(3)8-13(12)18-14(15(16)17)11-5-6-11/h4,7-9,11,14H,5-6H2,1-3H3,(H,16,17). The molecule has 1 aliphatic rings. The van der Waals surface area contributed by atoms with Crippen LogP contribution in [0.15, 0.2) is 18.2 Å². The van der Waals surface area contributed by atoms with Crippen LogP contribution in [0, 0.1) is 12.8 Å². The Hall–Kier alpha value is -1.51. The normalized spacial score (nSPS) is 16.7. The molecular formula is C15H20O3. The van der Waals surface area contributed by atoms with Crippen molar-refractivity contribution in [3.05, 3.63) is 29.3 Å². The predicted molar refractivity (Wildman–Crippen MR) is 70.0 cm³/mol. The zero-order valence-electron chi connectivity index (χ0n) is 11.1. The number of carbonyl (C=O) groups is 1. The second-order valence-corrected chi connectivity index (χ2v) is 5.41. The lowest BCUT2D eigenvalue weighted by atomic mass is 10.0. The van der Waals surface area contributed by atoms with E-state index in [1.165, 1.54) is 0 Å². The summed E-state index contributed by atoms with van der Waals surface area (Å²) >= 11 is 0. The van der Waals surface area contributed by atoms with Gasteiger partial charge < -0.3 is 9.84 Å². The third-order valence-electron chi connectivity index (χ3n) is 3.34. The van der Waals surface area contributed by atoms with E-state index in [-0.39, 0.29) is 5.92 Å². The Bertz CT molecular complexity index is 447. The molecule has 1 aromatic carbocycles. The summed E-state index contributed by atoms with van der Waals surface area (Å²) in [5.41, 5.74) is 2.17. The van der Waals surface area contributed by atoms with Gasteiger partial charge in [-0.15, -0.1) is 0 Å². The van der Waals surface area contributed by atoms with E-state index >= 15 is 0 Å². The molecule has 0 amide bonds. The van der Waals surface area contributed by atoms with E-state index < -0.39 is 12.1 Å². The molecular weight excluding hydrogens is 228 g/mol. The summed E-state index contributed by atoms with van der Waals surface area (Å²) in [4.78, 5) is 11.2. The van der Waals surface area contributed by atoms with Crippen molar-refractivity contribution in [3.63, 3.8) is 0 Å². The summed E-state index contributed by atoms with van der Waals surface area (Å²) in [7, 11) is 0. The van der Waals surface area contributed by atoms with Gasteiger partial charge in [0.2, 0.25) is 0 Å². The minimum atomic E-state index is -0.853. The average Bonchev–Trinajstić information content (AvgIpc) is 3.08. The highest BCUT2D eigenvalue weighted by atomic mass is 16.5. The molecule has 2 rings (SSSR count). The monoisotopic (exact) mass is 248 g/mol. The van der Waals surface area contributed by atoms with E-state index in [4.69, 9.17) is 4.74 Å². The van der Waals surface area contributed by atoms with E-state index in [2.05, 4.69) is 13.8 Å². The van der Waals surface area contributed by atoms with Gasteiger partial charge in [0, 0.05) is 5.92 Å². The van der Waals surface area contributed by atoms with E-state index in [0.29, 0.717) is 5.92 Å². The number of hydrogen-bond acceptors (Lipinski definition) is 2. The number of aliphatic carboxylic acids is 1. The maximum atomic E-state index is 11.2. The molecule has 0 spiro atoms. The van der Waals surface area contributed by atoms with Crippen LogP contribution >= 0.6 is 0 Å². The quantitative estimate of drug-likeness (QED) is 0.869. The van der Waals surface area contributed by atoms with Crippen LogP contribution in [-0.2, 0) is 4.79 Å². The van der Waals surface area contributed by atoms with Crippen molar-refractivity contribution in [3.8, 4) is 5.75 Å². The Kier molecular flexibility index (Phi) is 3.60. The van der Waals surface area contributed by atoms with Gasteiger partial charge in [-0.3, -0.25) is 0 Å². The van der Waals surface area contributed by atoms with Crippen molar-refractivity contribution in [1.29, 1.82) is 0 Å². The van der Waals surface area contributed by atoms with Crippen molar-refractivity contribution >= 4 is 5.97 Å². The molecule has 0 bridgehead atoms.